The average molecular weight is 294 g/mol. The molecular weight excluding hydrogens is 279 g/mol. The lowest BCUT2D eigenvalue weighted by Crippen LogP contribution is -2.28. The van der Waals surface area contributed by atoms with Gasteiger partial charge in [-0.15, -0.1) is 0 Å². The number of pyridine rings is 1. The van der Waals surface area contributed by atoms with E-state index in [-0.39, 0.29) is 4.90 Å². The number of benzene rings is 1. The molecule has 0 aliphatic rings. The summed E-state index contributed by atoms with van der Waals surface area (Å²) in [6, 6.07) is 7.45. The van der Waals surface area contributed by atoms with Crippen LogP contribution in [0.1, 0.15) is 11.1 Å². The fraction of sp³-hybridized carbons (Fsp3) is 0.214. The van der Waals surface area contributed by atoms with Crippen LogP contribution in [0.15, 0.2) is 41.4 Å². The molecule has 0 saturated heterocycles. The first-order valence-electron chi connectivity index (χ1n) is 6.01. The predicted octanol–water partition coefficient (Wildman–Crippen LogP) is 2.66. The molecule has 4 nitrogen and oxygen atoms in total. The van der Waals surface area contributed by atoms with Crippen LogP contribution in [0.4, 0.5) is 10.2 Å². The van der Waals surface area contributed by atoms with Crippen LogP contribution in [0, 0.1) is 19.7 Å². The molecule has 0 unspecified atom stereocenters. The first-order valence-corrected chi connectivity index (χ1v) is 7.45. The van der Waals surface area contributed by atoms with Gasteiger partial charge in [0.1, 0.15) is 11.6 Å². The minimum Gasteiger partial charge on any atom is -0.253 e. The van der Waals surface area contributed by atoms with Crippen LogP contribution in [-0.4, -0.2) is 20.4 Å². The summed E-state index contributed by atoms with van der Waals surface area (Å²) in [5.74, 6) is -0.130. The molecule has 0 bridgehead atoms. The number of halogens is 1. The summed E-state index contributed by atoms with van der Waals surface area (Å²) in [6.07, 6.45) is 1.52. The molecule has 0 atom stereocenters. The number of hydrogen-bond donors (Lipinski definition) is 0. The molecule has 2 rings (SSSR count). The molecule has 6 heteroatoms. The van der Waals surface area contributed by atoms with Crippen LogP contribution in [0.3, 0.4) is 0 Å². The van der Waals surface area contributed by atoms with Gasteiger partial charge in [0, 0.05) is 13.2 Å². The summed E-state index contributed by atoms with van der Waals surface area (Å²) < 4.78 is 39.7. The highest BCUT2D eigenvalue weighted by Gasteiger charge is 2.26. The van der Waals surface area contributed by atoms with Gasteiger partial charge in [0.05, 0.1) is 4.90 Å². The molecule has 2 aromatic rings. The highest BCUT2D eigenvalue weighted by atomic mass is 32.2. The minimum atomic E-state index is -3.77. The second-order valence-corrected chi connectivity index (χ2v) is 6.44. The van der Waals surface area contributed by atoms with Gasteiger partial charge in [0.2, 0.25) is 0 Å². The molecule has 0 spiro atoms. The Morgan fingerprint density at radius 1 is 1.15 bits per heavy atom. The Balaban J connectivity index is 2.57. The lowest BCUT2D eigenvalue weighted by Gasteiger charge is -2.21. The summed E-state index contributed by atoms with van der Waals surface area (Å²) >= 11 is 0. The summed E-state index contributed by atoms with van der Waals surface area (Å²) in [7, 11) is -2.34. The van der Waals surface area contributed by atoms with E-state index >= 15 is 0 Å². The maximum atomic E-state index is 13.3. The smallest absolute Gasteiger partial charge is 0.253 e. The van der Waals surface area contributed by atoms with Gasteiger partial charge in [-0.05, 0) is 49.2 Å². The van der Waals surface area contributed by atoms with E-state index in [0.29, 0.717) is 16.9 Å². The number of sulfonamides is 1. The van der Waals surface area contributed by atoms with Gasteiger partial charge in [-0.2, -0.15) is 0 Å². The third-order valence-corrected chi connectivity index (χ3v) is 5.08. The highest BCUT2D eigenvalue weighted by Crippen LogP contribution is 2.26. The van der Waals surface area contributed by atoms with Gasteiger partial charge in [0.15, 0.2) is 0 Å². The fourth-order valence-electron chi connectivity index (χ4n) is 2.10. The Morgan fingerprint density at radius 3 is 2.25 bits per heavy atom. The van der Waals surface area contributed by atoms with Crippen LogP contribution in [-0.2, 0) is 10.0 Å². The van der Waals surface area contributed by atoms with Crippen molar-refractivity contribution < 1.29 is 12.8 Å². The Kier molecular flexibility index (Phi) is 3.76. The molecule has 106 valence electrons. The molecule has 0 radical (unpaired) electrons. The van der Waals surface area contributed by atoms with Crippen molar-refractivity contribution in [2.75, 3.05) is 11.4 Å². The van der Waals surface area contributed by atoms with E-state index in [1.807, 2.05) is 0 Å². The van der Waals surface area contributed by atoms with Gasteiger partial charge in [-0.3, -0.25) is 4.31 Å². The molecular formula is C14H15FN2O2S. The Labute approximate surface area is 117 Å². The Morgan fingerprint density at radius 2 is 1.75 bits per heavy atom. The van der Waals surface area contributed by atoms with Gasteiger partial charge < -0.3 is 0 Å². The van der Waals surface area contributed by atoms with E-state index in [1.165, 1.54) is 25.4 Å². The maximum absolute atomic E-state index is 13.3. The number of aryl methyl sites for hydroxylation is 2. The summed E-state index contributed by atoms with van der Waals surface area (Å²) in [6.45, 7) is 3.16. The number of rotatable bonds is 3. The van der Waals surface area contributed by atoms with Crippen molar-refractivity contribution in [2.45, 2.75) is 18.7 Å². The van der Waals surface area contributed by atoms with Crippen LogP contribution in [0.2, 0.25) is 0 Å². The largest absolute Gasteiger partial charge is 0.265 e. The zero-order valence-corrected chi connectivity index (χ0v) is 12.3. The highest BCUT2D eigenvalue weighted by molar-refractivity contribution is 7.92. The number of anilines is 1. The van der Waals surface area contributed by atoms with Gasteiger partial charge in [-0.25, -0.2) is 17.8 Å². The van der Waals surface area contributed by atoms with Crippen molar-refractivity contribution >= 4 is 15.8 Å². The van der Waals surface area contributed by atoms with Crippen LogP contribution in [0.25, 0.3) is 0 Å². The third-order valence-electron chi connectivity index (χ3n) is 3.02. The van der Waals surface area contributed by atoms with E-state index in [1.54, 1.807) is 32.0 Å². The SMILES string of the molecule is Cc1cc(F)cc(C)c1S(=O)(=O)N(C)c1ccccn1. The van der Waals surface area contributed by atoms with Gasteiger partial charge in [0.25, 0.3) is 10.0 Å². The minimum absolute atomic E-state index is 0.118. The monoisotopic (exact) mass is 294 g/mol. The molecule has 1 aromatic heterocycles. The van der Waals surface area contributed by atoms with Crippen molar-refractivity contribution in [1.82, 2.24) is 4.98 Å². The Bertz CT molecular complexity index is 707. The van der Waals surface area contributed by atoms with Crippen molar-refractivity contribution in [3.8, 4) is 0 Å². The molecule has 0 fully saturated rings. The van der Waals surface area contributed by atoms with Crippen molar-refractivity contribution in [1.29, 1.82) is 0 Å². The topological polar surface area (TPSA) is 50.3 Å². The van der Waals surface area contributed by atoms with E-state index < -0.39 is 15.8 Å². The number of nitrogens with zero attached hydrogens (tertiary/aromatic N) is 2. The summed E-state index contributed by atoms with van der Waals surface area (Å²) in [5, 5.41) is 0. The second kappa shape index (κ2) is 5.20. The molecule has 1 aromatic carbocycles. The summed E-state index contributed by atoms with van der Waals surface area (Å²) in [4.78, 5) is 4.14. The molecule has 0 aliphatic heterocycles. The van der Waals surface area contributed by atoms with Gasteiger partial charge >= 0.3 is 0 Å². The average Bonchev–Trinajstić information content (AvgIpc) is 2.37. The molecule has 20 heavy (non-hydrogen) atoms. The maximum Gasteiger partial charge on any atom is 0.265 e. The zero-order valence-electron chi connectivity index (χ0n) is 11.5. The summed E-state index contributed by atoms with van der Waals surface area (Å²) in [5.41, 5.74) is 0.760. The normalized spacial score (nSPS) is 11.4. The van der Waals surface area contributed by atoms with E-state index in [4.69, 9.17) is 0 Å². The van der Waals surface area contributed by atoms with E-state index in [9.17, 15) is 12.8 Å². The molecule has 0 saturated carbocycles. The van der Waals surface area contributed by atoms with Crippen molar-refractivity contribution in [3.63, 3.8) is 0 Å². The number of aromatic nitrogens is 1. The third kappa shape index (κ3) is 2.51. The van der Waals surface area contributed by atoms with Crippen LogP contribution in [0.5, 0.6) is 0 Å². The zero-order chi connectivity index (χ0) is 14.9. The van der Waals surface area contributed by atoms with Crippen LogP contribution < -0.4 is 4.31 Å². The first-order chi connectivity index (χ1) is 9.34. The van der Waals surface area contributed by atoms with Crippen molar-refractivity contribution in [3.05, 3.63) is 53.5 Å². The predicted molar refractivity (Wildman–Crippen MR) is 75.7 cm³/mol. The lowest BCUT2D eigenvalue weighted by atomic mass is 10.1. The fourth-order valence-corrected chi connectivity index (χ4v) is 3.66. The van der Waals surface area contributed by atoms with E-state index in [0.717, 1.165) is 4.31 Å². The van der Waals surface area contributed by atoms with Crippen molar-refractivity contribution in [2.24, 2.45) is 0 Å². The molecule has 0 N–H and O–H groups in total. The molecule has 1 heterocycles. The first kappa shape index (κ1) is 14.5. The van der Waals surface area contributed by atoms with Crippen LogP contribution >= 0.6 is 0 Å². The molecule has 0 aliphatic carbocycles. The number of hydrogen-bond acceptors (Lipinski definition) is 3. The standard InChI is InChI=1S/C14H15FN2O2S/c1-10-8-12(15)9-11(2)14(10)20(18,19)17(3)13-6-4-5-7-16-13/h4-9H,1-3H3. The lowest BCUT2D eigenvalue weighted by molar-refractivity contribution is 0.590. The van der Waals surface area contributed by atoms with E-state index in [2.05, 4.69) is 4.98 Å². The van der Waals surface area contributed by atoms with Gasteiger partial charge in [-0.1, -0.05) is 6.07 Å². The molecule has 0 amide bonds. The quantitative estimate of drug-likeness (QED) is 0.874. The second-order valence-electron chi connectivity index (χ2n) is 4.53. The Hall–Kier alpha value is -1.95.